The van der Waals surface area contributed by atoms with Crippen LogP contribution in [-0.2, 0) is 9.59 Å². The van der Waals surface area contributed by atoms with Gasteiger partial charge in [0, 0.05) is 18.4 Å². The van der Waals surface area contributed by atoms with E-state index in [1.807, 2.05) is 20.8 Å². The minimum absolute atomic E-state index is 0.00670. The molecule has 0 aliphatic rings. The third-order valence-corrected chi connectivity index (χ3v) is 2.41. The smallest absolute Gasteiger partial charge is 0.303 e. The van der Waals surface area contributed by atoms with Crippen LogP contribution < -0.4 is 5.32 Å². The summed E-state index contributed by atoms with van der Waals surface area (Å²) in [5, 5.41) is 11.3. The molecule has 4 heteroatoms. The second-order valence-electron chi connectivity index (χ2n) is 4.39. The van der Waals surface area contributed by atoms with Crippen LogP contribution in [0.3, 0.4) is 0 Å². The maximum absolute atomic E-state index is 11.4. The van der Waals surface area contributed by atoms with E-state index in [9.17, 15) is 9.59 Å². The molecular weight excluding hydrogens is 194 g/mol. The molecule has 0 rings (SSSR count). The van der Waals surface area contributed by atoms with E-state index in [2.05, 4.69) is 5.32 Å². The maximum atomic E-state index is 11.4. The van der Waals surface area contributed by atoms with Crippen molar-refractivity contribution in [2.45, 2.75) is 58.4 Å². The van der Waals surface area contributed by atoms with E-state index in [4.69, 9.17) is 5.11 Å². The van der Waals surface area contributed by atoms with Crippen molar-refractivity contribution in [1.82, 2.24) is 5.32 Å². The number of amides is 1. The normalized spacial score (nSPS) is 11.1. The fourth-order valence-corrected chi connectivity index (χ4v) is 1.09. The SMILES string of the molecule is CCC(C)(C)NC(=O)CCCCC(=O)O. The molecule has 4 nitrogen and oxygen atoms in total. The highest BCUT2D eigenvalue weighted by atomic mass is 16.4. The van der Waals surface area contributed by atoms with E-state index in [1.165, 1.54) is 0 Å². The van der Waals surface area contributed by atoms with Crippen LogP contribution in [0, 0.1) is 0 Å². The molecule has 0 saturated heterocycles. The Hall–Kier alpha value is -1.06. The van der Waals surface area contributed by atoms with Crippen molar-refractivity contribution >= 4 is 11.9 Å². The zero-order valence-corrected chi connectivity index (χ0v) is 9.80. The number of carboxylic acid groups (broad SMARTS) is 1. The number of carboxylic acids is 1. The summed E-state index contributed by atoms with van der Waals surface area (Å²) in [6.45, 7) is 5.97. The van der Waals surface area contributed by atoms with Gasteiger partial charge in [0.1, 0.15) is 0 Å². The van der Waals surface area contributed by atoms with Crippen LogP contribution in [0.5, 0.6) is 0 Å². The van der Waals surface area contributed by atoms with Gasteiger partial charge in [-0.15, -0.1) is 0 Å². The Kier molecular flexibility index (Phi) is 5.97. The van der Waals surface area contributed by atoms with Gasteiger partial charge in [0.15, 0.2) is 0 Å². The molecule has 0 spiro atoms. The quantitative estimate of drug-likeness (QED) is 0.638. The van der Waals surface area contributed by atoms with E-state index in [0.29, 0.717) is 19.3 Å². The van der Waals surface area contributed by atoms with Gasteiger partial charge >= 0.3 is 5.97 Å². The largest absolute Gasteiger partial charge is 0.481 e. The van der Waals surface area contributed by atoms with Crippen molar-refractivity contribution < 1.29 is 14.7 Å². The minimum Gasteiger partial charge on any atom is -0.481 e. The van der Waals surface area contributed by atoms with E-state index in [1.54, 1.807) is 0 Å². The number of hydrogen-bond acceptors (Lipinski definition) is 2. The summed E-state index contributed by atoms with van der Waals surface area (Å²) in [7, 11) is 0. The van der Waals surface area contributed by atoms with Gasteiger partial charge in [0.25, 0.3) is 0 Å². The summed E-state index contributed by atoms with van der Waals surface area (Å²) in [6, 6.07) is 0. The first-order chi connectivity index (χ1) is 6.87. The van der Waals surface area contributed by atoms with Crippen LogP contribution in [0.1, 0.15) is 52.9 Å². The highest BCUT2D eigenvalue weighted by Gasteiger charge is 2.17. The highest BCUT2D eigenvalue weighted by Crippen LogP contribution is 2.08. The average molecular weight is 215 g/mol. The first kappa shape index (κ1) is 13.9. The van der Waals surface area contributed by atoms with Gasteiger partial charge in [-0.3, -0.25) is 9.59 Å². The highest BCUT2D eigenvalue weighted by molar-refractivity contribution is 5.76. The second-order valence-corrected chi connectivity index (χ2v) is 4.39. The molecule has 0 unspecified atom stereocenters. The lowest BCUT2D eigenvalue weighted by atomic mass is 10.0. The van der Waals surface area contributed by atoms with Crippen molar-refractivity contribution in [3.05, 3.63) is 0 Å². The van der Waals surface area contributed by atoms with Gasteiger partial charge in [-0.1, -0.05) is 6.92 Å². The average Bonchev–Trinajstić information content (AvgIpc) is 2.11. The number of nitrogens with one attached hydrogen (secondary N) is 1. The summed E-state index contributed by atoms with van der Waals surface area (Å²) >= 11 is 0. The first-order valence-corrected chi connectivity index (χ1v) is 5.40. The summed E-state index contributed by atoms with van der Waals surface area (Å²) in [4.78, 5) is 21.6. The fourth-order valence-electron chi connectivity index (χ4n) is 1.09. The monoisotopic (exact) mass is 215 g/mol. The Morgan fingerprint density at radius 3 is 2.20 bits per heavy atom. The van der Waals surface area contributed by atoms with Crippen molar-refractivity contribution in [2.24, 2.45) is 0 Å². The molecule has 0 aromatic rings. The molecule has 0 atom stereocenters. The topological polar surface area (TPSA) is 66.4 Å². The fraction of sp³-hybridized carbons (Fsp3) is 0.818. The molecule has 0 heterocycles. The zero-order chi connectivity index (χ0) is 11.9. The molecule has 88 valence electrons. The number of hydrogen-bond donors (Lipinski definition) is 2. The second kappa shape index (κ2) is 6.43. The minimum atomic E-state index is -0.802. The molecule has 2 N–H and O–H groups in total. The molecule has 0 aromatic heterocycles. The van der Waals surface area contributed by atoms with Gasteiger partial charge in [-0.05, 0) is 33.1 Å². The van der Waals surface area contributed by atoms with E-state index in [0.717, 1.165) is 6.42 Å². The maximum Gasteiger partial charge on any atom is 0.303 e. The first-order valence-electron chi connectivity index (χ1n) is 5.40. The van der Waals surface area contributed by atoms with E-state index < -0.39 is 5.97 Å². The molecule has 1 amide bonds. The Bertz CT molecular complexity index is 224. The predicted octanol–water partition coefficient (Wildman–Crippen LogP) is 1.94. The van der Waals surface area contributed by atoms with Crippen LogP contribution in [0.15, 0.2) is 0 Å². The number of carbonyl (C=O) groups excluding carboxylic acids is 1. The molecule has 0 aromatic carbocycles. The molecule has 0 aliphatic carbocycles. The lowest BCUT2D eigenvalue weighted by Gasteiger charge is -2.24. The molecule has 0 radical (unpaired) electrons. The lowest BCUT2D eigenvalue weighted by Crippen LogP contribution is -2.42. The Balaban J connectivity index is 3.62. The number of rotatable bonds is 7. The van der Waals surface area contributed by atoms with Crippen LogP contribution in [0.4, 0.5) is 0 Å². The summed E-state index contributed by atoms with van der Waals surface area (Å²) in [6.07, 6.45) is 2.64. The standard InChI is InChI=1S/C11H21NO3/c1-4-11(2,3)12-9(13)7-5-6-8-10(14)15/h4-8H2,1-3H3,(H,12,13)(H,14,15). The van der Waals surface area contributed by atoms with Gasteiger partial charge in [-0.25, -0.2) is 0 Å². The van der Waals surface area contributed by atoms with Crippen molar-refractivity contribution in [3.63, 3.8) is 0 Å². The summed E-state index contributed by atoms with van der Waals surface area (Å²) in [5.74, 6) is -0.795. The molecule has 0 aliphatic heterocycles. The lowest BCUT2D eigenvalue weighted by molar-refractivity contribution is -0.137. The Morgan fingerprint density at radius 1 is 1.20 bits per heavy atom. The molecule has 0 fully saturated rings. The number of unbranched alkanes of at least 4 members (excludes halogenated alkanes) is 1. The number of carbonyl (C=O) groups is 2. The van der Waals surface area contributed by atoms with E-state index in [-0.39, 0.29) is 17.9 Å². The van der Waals surface area contributed by atoms with Crippen molar-refractivity contribution in [3.8, 4) is 0 Å². The van der Waals surface area contributed by atoms with Gasteiger partial charge in [0.2, 0.25) is 5.91 Å². The molecule has 15 heavy (non-hydrogen) atoms. The third kappa shape index (κ3) is 7.97. The Morgan fingerprint density at radius 2 is 1.73 bits per heavy atom. The molecule has 0 bridgehead atoms. The van der Waals surface area contributed by atoms with Crippen LogP contribution in [-0.4, -0.2) is 22.5 Å². The van der Waals surface area contributed by atoms with Gasteiger partial charge < -0.3 is 10.4 Å². The van der Waals surface area contributed by atoms with Crippen LogP contribution in [0.25, 0.3) is 0 Å². The van der Waals surface area contributed by atoms with Crippen molar-refractivity contribution in [1.29, 1.82) is 0 Å². The molecule has 0 saturated carbocycles. The van der Waals surface area contributed by atoms with Crippen molar-refractivity contribution in [2.75, 3.05) is 0 Å². The number of aliphatic carboxylic acids is 1. The Labute approximate surface area is 91.1 Å². The molecular formula is C11H21NO3. The predicted molar refractivity (Wildman–Crippen MR) is 58.6 cm³/mol. The third-order valence-electron chi connectivity index (χ3n) is 2.41. The summed E-state index contributed by atoms with van der Waals surface area (Å²) in [5.41, 5.74) is -0.163. The van der Waals surface area contributed by atoms with Crippen LogP contribution >= 0.6 is 0 Å². The van der Waals surface area contributed by atoms with Crippen LogP contribution in [0.2, 0.25) is 0 Å². The van der Waals surface area contributed by atoms with E-state index >= 15 is 0 Å². The van der Waals surface area contributed by atoms with Gasteiger partial charge in [0.05, 0.1) is 0 Å². The summed E-state index contributed by atoms with van der Waals surface area (Å²) < 4.78 is 0. The van der Waals surface area contributed by atoms with Gasteiger partial charge in [-0.2, -0.15) is 0 Å². The zero-order valence-electron chi connectivity index (χ0n) is 9.80.